The lowest BCUT2D eigenvalue weighted by Crippen LogP contribution is -2.26. The van der Waals surface area contributed by atoms with Gasteiger partial charge in [0.05, 0.1) is 6.10 Å². The molecule has 0 aliphatic heterocycles. The van der Waals surface area contributed by atoms with Crippen molar-refractivity contribution in [2.24, 2.45) is 5.92 Å². The summed E-state index contributed by atoms with van der Waals surface area (Å²) in [6.07, 6.45) is 23.2. The van der Waals surface area contributed by atoms with Crippen molar-refractivity contribution in [1.82, 2.24) is 0 Å². The van der Waals surface area contributed by atoms with Crippen molar-refractivity contribution in [3.63, 3.8) is 0 Å². The monoisotopic (exact) mass is 416 g/mol. The van der Waals surface area contributed by atoms with Gasteiger partial charge < -0.3 is 9.84 Å². The van der Waals surface area contributed by atoms with E-state index in [2.05, 4.69) is 26.5 Å². The minimum atomic E-state index is -0.597. The van der Waals surface area contributed by atoms with E-state index in [1.165, 1.54) is 109 Å². The van der Waals surface area contributed by atoms with E-state index in [4.69, 9.17) is 4.74 Å². The Morgan fingerprint density at radius 1 is 0.679 bits per heavy atom. The Hall–Kier alpha value is 0.270. The minimum Gasteiger partial charge on any atom is -0.368 e. The number of ether oxygens (including phenoxy) is 1. The lowest BCUT2D eigenvalue weighted by atomic mass is 9.90. The maximum absolute atomic E-state index is 9.86. The quantitative estimate of drug-likeness (QED) is 0.105. The molecule has 1 N–H and O–H groups in total. The average molecular weight is 417 g/mol. The second-order valence-corrected chi connectivity index (χ2v) is 9.16. The van der Waals surface area contributed by atoms with Gasteiger partial charge in [0.1, 0.15) is 0 Å². The van der Waals surface area contributed by atoms with Gasteiger partial charge in [0.25, 0.3) is 0 Å². The van der Waals surface area contributed by atoms with Crippen molar-refractivity contribution in [1.29, 1.82) is 0 Å². The average Bonchev–Trinajstić information content (AvgIpc) is 2.70. The number of aliphatic hydroxyl groups excluding tert-OH is 1. The lowest BCUT2D eigenvalue weighted by molar-refractivity contribution is -0.147. The van der Waals surface area contributed by atoms with Crippen molar-refractivity contribution >= 4 is 12.6 Å². The SMILES string of the molecule is CCCCCCCCCCCCC(CCCCCCCS)C(C)OC(O)CC. The molecule has 3 unspecified atom stereocenters. The van der Waals surface area contributed by atoms with E-state index in [1.807, 2.05) is 6.92 Å². The van der Waals surface area contributed by atoms with Gasteiger partial charge in [-0.3, -0.25) is 0 Å². The van der Waals surface area contributed by atoms with Crippen LogP contribution >= 0.6 is 12.6 Å². The van der Waals surface area contributed by atoms with E-state index in [9.17, 15) is 5.11 Å². The fourth-order valence-electron chi connectivity index (χ4n) is 4.01. The molecular formula is C25H52O2S. The molecule has 3 heteroatoms. The smallest absolute Gasteiger partial charge is 0.154 e. The largest absolute Gasteiger partial charge is 0.368 e. The van der Waals surface area contributed by atoms with Gasteiger partial charge in [-0.15, -0.1) is 0 Å². The van der Waals surface area contributed by atoms with Crippen molar-refractivity contribution in [2.45, 2.75) is 149 Å². The number of unbranched alkanes of at least 4 members (excludes halogenated alkanes) is 13. The molecule has 0 aromatic carbocycles. The predicted molar refractivity (Wildman–Crippen MR) is 128 cm³/mol. The molecule has 3 atom stereocenters. The van der Waals surface area contributed by atoms with Crippen molar-refractivity contribution in [3.8, 4) is 0 Å². The summed E-state index contributed by atoms with van der Waals surface area (Å²) in [6.45, 7) is 6.43. The van der Waals surface area contributed by atoms with E-state index in [0.29, 0.717) is 12.3 Å². The van der Waals surface area contributed by atoms with Crippen LogP contribution in [0.2, 0.25) is 0 Å². The summed E-state index contributed by atoms with van der Waals surface area (Å²) in [5.41, 5.74) is 0. The van der Waals surface area contributed by atoms with Crippen LogP contribution in [0.3, 0.4) is 0 Å². The molecule has 0 aliphatic carbocycles. The van der Waals surface area contributed by atoms with Crippen molar-refractivity contribution < 1.29 is 9.84 Å². The maximum Gasteiger partial charge on any atom is 0.154 e. The summed E-state index contributed by atoms with van der Waals surface area (Å²) in [4.78, 5) is 0. The zero-order chi connectivity index (χ0) is 20.9. The van der Waals surface area contributed by atoms with Crippen LogP contribution in [0.1, 0.15) is 136 Å². The molecule has 0 saturated carbocycles. The van der Waals surface area contributed by atoms with Gasteiger partial charge in [-0.1, -0.05) is 104 Å². The second kappa shape index (κ2) is 22.0. The molecule has 0 radical (unpaired) electrons. The summed E-state index contributed by atoms with van der Waals surface area (Å²) in [6, 6.07) is 0. The highest BCUT2D eigenvalue weighted by Gasteiger charge is 2.19. The number of thiol groups is 1. The minimum absolute atomic E-state index is 0.172. The first-order valence-electron chi connectivity index (χ1n) is 12.6. The van der Waals surface area contributed by atoms with E-state index >= 15 is 0 Å². The predicted octanol–water partition coefficient (Wildman–Crippen LogP) is 8.32. The third-order valence-electron chi connectivity index (χ3n) is 6.05. The highest BCUT2D eigenvalue weighted by atomic mass is 32.1. The first-order valence-corrected chi connectivity index (χ1v) is 13.2. The first kappa shape index (κ1) is 28.3. The summed E-state index contributed by atoms with van der Waals surface area (Å²) in [5, 5.41) is 9.86. The molecule has 0 saturated heterocycles. The molecule has 0 aromatic heterocycles. The molecule has 0 bridgehead atoms. The summed E-state index contributed by atoms with van der Waals surface area (Å²) in [5.74, 6) is 1.61. The highest BCUT2D eigenvalue weighted by molar-refractivity contribution is 7.80. The zero-order valence-electron chi connectivity index (χ0n) is 19.5. The fraction of sp³-hybridized carbons (Fsp3) is 1.00. The van der Waals surface area contributed by atoms with E-state index in [1.54, 1.807) is 0 Å². The van der Waals surface area contributed by atoms with Gasteiger partial charge in [0, 0.05) is 0 Å². The van der Waals surface area contributed by atoms with Gasteiger partial charge in [-0.2, -0.15) is 12.6 Å². The second-order valence-electron chi connectivity index (χ2n) is 8.71. The Morgan fingerprint density at radius 3 is 1.54 bits per heavy atom. The zero-order valence-corrected chi connectivity index (χ0v) is 20.4. The highest BCUT2D eigenvalue weighted by Crippen LogP contribution is 2.25. The maximum atomic E-state index is 9.86. The van der Waals surface area contributed by atoms with Crippen LogP contribution in [0.25, 0.3) is 0 Å². The molecule has 0 spiro atoms. The standard InChI is InChI=1S/C25H52O2S/c1-4-6-7-8-9-10-11-12-14-17-20-24(23(3)27-25(26)5-2)21-18-15-13-16-19-22-28/h23-26,28H,4-22H2,1-3H3. The number of hydrogen-bond acceptors (Lipinski definition) is 3. The van der Waals surface area contributed by atoms with Crippen molar-refractivity contribution in [2.75, 3.05) is 5.75 Å². The Labute approximate surface area is 183 Å². The Bertz CT molecular complexity index is 298. The number of hydrogen-bond donors (Lipinski definition) is 2. The third-order valence-corrected chi connectivity index (χ3v) is 6.36. The van der Waals surface area contributed by atoms with Gasteiger partial charge in [-0.25, -0.2) is 0 Å². The van der Waals surface area contributed by atoms with Crippen LogP contribution in [-0.4, -0.2) is 23.3 Å². The number of rotatable bonds is 22. The normalized spacial score (nSPS) is 14.9. The molecular weight excluding hydrogens is 364 g/mol. The molecule has 170 valence electrons. The molecule has 0 amide bonds. The van der Waals surface area contributed by atoms with E-state index in [0.717, 1.165) is 5.75 Å². The first-order chi connectivity index (χ1) is 13.7. The summed E-state index contributed by atoms with van der Waals surface area (Å²) >= 11 is 4.29. The molecule has 0 fully saturated rings. The molecule has 0 rings (SSSR count). The molecule has 0 heterocycles. The molecule has 0 aliphatic rings. The van der Waals surface area contributed by atoms with Gasteiger partial charge in [-0.05, 0) is 44.3 Å². The van der Waals surface area contributed by atoms with Gasteiger partial charge in [0.15, 0.2) is 6.29 Å². The summed E-state index contributed by atoms with van der Waals surface area (Å²) in [7, 11) is 0. The Balaban J connectivity index is 3.93. The van der Waals surface area contributed by atoms with Crippen LogP contribution in [0, 0.1) is 5.92 Å². The Morgan fingerprint density at radius 2 is 1.11 bits per heavy atom. The molecule has 28 heavy (non-hydrogen) atoms. The van der Waals surface area contributed by atoms with Gasteiger partial charge >= 0.3 is 0 Å². The van der Waals surface area contributed by atoms with Crippen LogP contribution in [0.5, 0.6) is 0 Å². The van der Waals surface area contributed by atoms with E-state index in [-0.39, 0.29) is 6.10 Å². The fourth-order valence-corrected chi connectivity index (χ4v) is 4.24. The van der Waals surface area contributed by atoms with Gasteiger partial charge in [0.2, 0.25) is 0 Å². The number of aliphatic hydroxyl groups is 1. The van der Waals surface area contributed by atoms with Crippen molar-refractivity contribution in [3.05, 3.63) is 0 Å². The van der Waals surface area contributed by atoms with Crippen LogP contribution < -0.4 is 0 Å². The van der Waals surface area contributed by atoms with Crippen LogP contribution in [0.15, 0.2) is 0 Å². The summed E-state index contributed by atoms with van der Waals surface area (Å²) < 4.78 is 5.84. The topological polar surface area (TPSA) is 29.5 Å². The van der Waals surface area contributed by atoms with Crippen LogP contribution in [-0.2, 0) is 4.74 Å². The van der Waals surface area contributed by atoms with Crippen LogP contribution in [0.4, 0.5) is 0 Å². The van der Waals surface area contributed by atoms with E-state index < -0.39 is 6.29 Å². The Kier molecular flexibility index (Phi) is 22.2. The molecule has 2 nitrogen and oxygen atoms in total. The molecule has 0 aromatic rings. The lowest BCUT2D eigenvalue weighted by Gasteiger charge is -2.26. The third kappa shape index (κ3) is 18.3.